The molecule has 2 amide bonds. The number of carbonyl (C=O) groups excluding carboxylic acids is 2. The van der Waals surface area contributed by atoms with E-state index in [9.17, 15) is 19.5 Å². The summed E-state index contributed by atoms with van der Waals surface area (Å²) >= 11 is 6.41. The molecule has 0 bridgehead atoms. The number of benzene rings is 3. The number of nitrogens with one attached hydrogen (secondary N) is 2. The van der Waals surface area contributed by atoms with Gasteiger partial charge >= 0.3 is 5.97 Å². The van der Waals surface area contributed by atoms with Gasteiger partial charge in [-0.25, -0.2) is 4.79 Å². The van der Waals surface area contributed by atoms with Crippen LogP contribution in [0.3, 0.4) is 0 Å². The smallest absolute Gasteiger partial charge is 0.326 e. The van der Waals surface area contributed by atoms with E-state index in [4.69, 9.17) is 11.6 Å². The van der Waals surface area contributed by atoms with E-state index >= 15 is 0 Å². The summed E-state index contributed by atoms with van der Waals surface area (Å²) < 4.78 is 0. The van der Waals surface area contributed by atoms with Gasteiger partial charge in [0.1, 0.15) is 12.1 Å². The molecule has 0 radical (unpaired) electrons. The zero-order valence-electron chi connectivity index (χ0n) is 23.1. The molecule has 3 aromatic rings. The van der Waals surface area contributed by atoms with Crippen LogP contribution >= 0.6 is 11.6 Å². The molecular weight excluding hydrogens is 536 g/mol. The Labute approximate surface area is 246 Å². The van der Waals surface area contributed by atoms with Gasteiger partial charge in [-0.05, 0) is 60.1 Å². The van der Waals surface area contributed by atoms with Gasteiger partial charge in [0.25, 0.3) is 5.91 Å². The van der Waals surface area contributed by atoms with Crippen LogP contribution in [0.15, 0.2) is 78.9 Å². The molecule has 3 N–H and O–H groups in total. The number of carboxylic acid groups (broad SMARTS) is 1. The van der Waals surface area contributed by atoms with Crippen LogP contribution in [0.25, 0.3) is 12.2 Å². The minimum Gasteiger partial charge on any atom is -0.480 e. The Morgan fingerprint density at radius 3 is 2.22 bits per heavy atom. The lowest BCUT2D eigenvalue weighted by Gasteiger charge is -2.26. The molecular formula is C34H37ClN2O4. The number of halogens is 1. The molecule has 0 saturated heterocycles. The molecule has 7 heteroatoms. The second-order valence-electron chi connectivity index (χ2n) is 10.7. The molecule has 2 atom stereocenters. The third-order valence-electron chi connectivity index (χ3n) is 7.61. The normalized spacial score (nSPS) is 15.2. The van der Waals surface area contributed by atoms with Crippen molar-refractivity contribution in [1.82, 2.24) is 10.6 Å². The summed E-state index contributed by atoms with van der Waals surface area (Å²) in [6.07, 6.45) is 10.3. The Bertz CT molecular complexity index is 1340. The standard InChI is InChI=1S/C34H37ClN2O4/c35-29-20-19-28(23-27(29)18-16-24-10-4-1-5-11-24)32(38)36-30(21-17-25-12-6-2-7-13-25)33(39)37-31(34(40)41)22-26-14-8-3-9-15-26/h1-2,4-7,10-13,16,18-20,23,26,30-31H,3,8-9,14-15,17,21-22H2,(H,36,38)(H,37,39)(H,40,41)/b18-16+. The van der Waals surface area contributed by atoms with Gasteiger partial charge in [-0.15, -0.1) is 0 Å². The molecule has 1 aliphatic carbocycles. The first-order valence-electron chi connectivity index (χ1n) is 14.3. The van der Waals surface area contributed by atoms with Gasteiger partial charge in [0, 0.05) is 10.6 Å². The lowest BCUT2D eigenvalue weighted by atomic mass is 9.84. The van der Waals surface area contributed by atoms with Crippen LogP contribution in [0.4, 0.5) is 0 Å². The maximum Gasteiger partial charge on any atom is 0.326 e. The van der Waals surface area contributed by atoms with Crippen molar-refractivity contribution in [2.75, 3.05) is 0 Å². The van der Waals surface area contributed by atoms with Crippen molar-refractivity contribution >= 4 is 41.5 Å². The molecule has 1 aliphatic rings. The minimum absolute atomic E-state index is 0.277. The predicted molar refractivity (Wildman–Crippen MR) is 164 cm³/mol. The molecule has 1 fully saturated rings. The number of carboxylic acids is 1. The second-order valence-corrected chi connectivity index (χ2v) is 11.1. The Morgan fingerprint density at radius 1 is 0.854 bits per heavy atom. The van der Waals surface area contributed by atoms with E-state index in [1.807, 2.05) is 72.8 Å². The number of rotatable bonds is 12. The SMILES string of the molecule is O=C(NC(CCc1ccccc1)C(=O)NC(CC1CCCCC1)C(=O)O)c1ccc(Cl)c(/C=C/c2ccccc2)c1. The highest BCUT2D eigenvalue weighted by atomic mass is 35.5. The second kappa shape index (κ2) is 15.2. The third kappa shape index (κ3) is 9.32. The number of aryl methyl sites for hydroxylation is 1. The lowest BCUT2D eigenvalue weighted by molar-refractivity contribution is -0.142. The average Bonchev–Trinajstić information content (AvgIpc) is 2.99. The van der Waals surface area contributed by atoms with E-state index in [-0.39, 0.29) is 5.92 Å². The van der Waals surface area contributed by atoms with Gasteiger partial charge < -0.3 is 15.7 Å². The van der Waals surface area contributed by atoms with E-state index < -0.39 is 29.9 Å². The van der Waals surface area contributed by atoms with Gasteiger partial charge in [-0.1, -0.05) is 117 Å². The van der Waals surface area contributed by atoms with Crippen LogP contribution in [-0.2, 0) is 16.0 Å². The summed E-state index contributed by atoms with van der Waals surface area (Å²) in [6.45, 7) is 0. The fraction of sp³-hybridized carbons (Fsp3) is 0.324. The zero-order chi connectivity index (χ0) is 29.0. The van der Waals surface area contributed by atoms with Crippen molar-refractivity contribution in [3.05, 3.63) is 106 Å². The summed E-state index contributed by atoms with van der Waals surface area (Å²) in [4.78, 5) is 38.9. The highest BCUT2D eigenvalue weighted by molar-refractivity contribution is 6.32. The van der Waals surface area contributed by atoms with Crippen molar-refractivity contribution < 1.29 is 19.5 Å². The van der Waals surface area contributed by atoms with Gasteiger partial charge in [0.15, 0.2) is 0 Å². The highest BCUT2D eigenvalue weighted by Crippen LogP contribution is 2.27. The van der Waals surface area contributed by atoms with Gasteiger partial charge in [0.2, 0.25) is 5.91 Å². The minimum atomic E-state index is -1.05. The largest absolute Gasteiger partial charge is 0.480 e. The fourth-order valence-electron chi connectivity index (χ4n) is 5.28. The molecule has 2 unspecified atom stereocenters. The van der Waals surface area contributed by atoms with Gasteiger partial charge in [0.05, 0.1) is 0 Å². The van der Waals surface area contributed by atoms with Crippen LogP contribution in [0, 0.1) is 5.92 Å². The maximum absolute atomic E-state index is 13.4. The summed E-state index contributed by atoms with van der Waals surface area (Å²) in [7, 11) is 0. The van der Waals surface area contributed by atoms with Crippen LogP contribution in [0.2, 0.25) is 5.02 Å². The number of hydrogen-bond acceptors (Lipinski definition) is 3. The van der Waals surface area contributed by atoms with E-state index in [1.54, 1.807) is 18.2 Å². The monoisotopic (exact) mass is 572 g/mol. The van der Waals surface area contributed by atoms with Crippen molar-refractivity contribution in [3.8, 4) is 0 Å². The van der Waals surface area contributed by atoms with Gasteiger partial charge in [-0.2, -0.15) is 0 Å². The first-order valence-corrected chi connectivity index (χ1v) is 14.7. The summed E-state index contributed by atoms with van der Waals surface area (Å²) in [5, 5.41) is 16.0. The average molecular weight is 573 g/mol. The molecule has 0 heterocycles. The molecule has 41 heavy (non-hydrogen) atoms. The van der Waals surface area contributed by atoms with Gasteiger partial charge in [-0.3, -0.25) is 9.59 Å². The topological polar surface area (TPSA) is 95.5 Å². The highest BCUT2D eigenvalue weighted by Gasteiger charge is 2.29. The number of aliphatic carboxylic acids is 1. The maximum atomic E-state index is 13.4. The molecule has 6 nitrogen and oxygen atoms in total. The first kappa shape index (κ1) is 30.1. The molecule has 0 spiro atoms. The quantitative estimate of drug-likeness (QED) is 0.208. The van der Waals surface area contributed by atoms with Crippen LogP contribution in [0.1, 0.15) is 72.0 Å². The Hall–Kier alpha value is -3.90. The van der Waals surface area contributed by atoms with Crippen molar-refractivity contribution in [1.29, 1.82) is 0 Å². The summed E-state index contributed by atoms with van der Waals surface area (Å²) in [5.74, 6) is -1.69. The van der Waals surface area contributed by atoms with E-state index in [1.165, 1.54) is 6.42 Å². The van der Waals surface area contributed by atoms with Crippen molar-refractivity contribution in [2.45, 2.75) is 63.5 Å². The van der Waals surface area contributed by atoms with Crippen LogP contribution in [0.5, 0.6) is 0 Å². The Morgan fingerprint density at radius 2 is 1.54 bits per heavy atom. The molecule has 3 aromatic carbocycles. The lowest BCUT2D eigenvalue weighted by Crippen LogP contribution is -2.52. The molecule has 214 valence electrons. The van der Waals surface area contributed by atoms with Crippen molar-refractivity contribution in [2.24, 2.45) is 5.92 Å². The molecule has 4 rings (SSSR count). The van der Waals surface area contributed by atoms with Crippen LogP contribution < -0.4 is 10.6 Å². The molecule has 0 aliphatic heterocycles. The third-order valence-corrected chi connectivity index (χ3v) is 7.95. The van der Waals surface area contributed by atoms with E-state index in [2.05, 4.69) is 10.6 Å². The molecule has 0 aromatic heterocycles. The Balaban J connectivity index is 1.49. The summed E-state index contributed by atoms with van der Waals surface area (Å²) in [6, 6.07) is 22.5. The first-order chi connectivity index (χ1) is 19.9. The number of amides is 2. The zero-order valence-corrected chi connectivity index (χ0v) is 23.9. The van der Waals surface area contributed by atoms with Crippen molar-refractivity contribution in [3.63, 3.8) is 0 Å². The fourth-order valence-corrected chi connectivity index (χ4v) is 5.46. The number of hydrogen-bond donors (Lipinski definition) is 3. The predicted octanol–water partition coefficient (Wildman–Crippen LogP) is 6.78. The number of carbonyl (C=O) groups is 3. The Kier molecular flexibility index (Phi) is 11.1. The molecule has 1 saturated carbocycles. The van der Waals surface area contributed by atoms with E-state index in [0.717, 1.165) is 36.8 Å². The summed E-state index contributed by atoms with van der Waals surface area (Å²) in [5.41, 5.74) is 3.05. The van der Waals surface area contributed by atoms with Crippen LogP contribution in [-0.4, -0.2) is 35.0 Å². The van der Waals surface area contributed by atoms with E-state index in [0.29, 0.717) is 35.4 Å².